The van der Waals surface area contributed by atoms with Crippen LogP contribution < -0.4 is 0 Å². The summed E-state index contributed by atoms with van der Waals surface area (Å²) in [5, 5.41) is 0.387. The summed E-state index contributed by atoms with van der Waals surface area (Å²) in [6.07, 6.45) is 0.942. The smallest absolute Gasteiger partial charge is 0.356 e. The number of hydrogen-bond acceptors (Lipinski definition) is 5. The van der Waals surface area contributed by atoms with Crippen molar-refractivity contribution in [3.8, 4) is 0 Å². The number of benzene rings is 1. The summed E-state index contributed by atoms with van der Waals surface area (Å²) in [6, 6.07) is 9.17. The Morgan fingerprint density at radius 1 is 1.15 bits per heavy atom. The van der Waals surface area contributed by atoms with Gasteiger partial charge in [-0.3, -0.25) is 9.36 Å². The van der Waals surface area contributed by atoms with Crippen molar-refractivity contribution in [2.24, 2.45) is 0 Å². The maximum Gasteiger partial charge on any atom is 0.356 e. The zero-order chi connectivity index (χ0) is 15.2. The quantitative estimate of drug-likeness (QED) is 0.592. The highest BCUT2D eigenvalue weighted by Gasteiger charge is 2.25. The van der Waals surface area contributed by atoms with Gasteiger partial charge in [0.2, 0.25) is 0 Å². The molecule has 1 aromatic carbocycles. The highest BCUT2D eigenvalue weighted by molar-refractivity contribution is 7.58. The molecule has 5 nitrogen and oxygen atoms in total. The van der Waals surface area contributed by atoms with E-state index in [4.69, 9.17) is 13.8 Å². The van der Waals surface area contributed by atoms with Crippen molar-refractivity contribution < 1.29 is 23.1 Å². The van der Waals surface area contributed by atoms with Gasteiger partial charge in [-0.05, 0) is 18.6 Å². The van der Waals surface area contributed by atoms with E-state index in [1.165, 1.54) is 21.1 Å². The highest BCUT2D eigenvalue weighted by atomic mass is 31.2. The van der Waals surface area contributed by atoms with Gasteiger partial charge in [-0.1, -0.05) is 30.3 Å². The standard InChI is InChI=1S/C14H19O5P/c1-11(20(16,17-3)18-4)10-14(19-12(2)15)13-8-6-5-7-9-13/h5-10,14H,1-4H3/b11-10+. The van der Waals surface area contributed by atoms with E-state index >= 15 is 0 Å². The monoisotopic (exact) mass is 298 g/mol. The Balaban J connectivity index is 3.13. The van der Waals surface area contributed by atoms with E-state index in [0.29, 0.717) is 5.31 Å². The van der Waals surface area contributed by atoms with Crippen molar-refractivity contribution in [1.82, 2.24) is 0 Å². The summed E-state index contributed by atoms with van der Waals surface area (Å²) in [7, 11) is -0.699. The number of esters is 1. The largest absolute Gasteiger partial charge is 0.453 e. The van der Waals surface area contributed by atoms with Crippen LogP contribution >= 0.6 is 7.60 Å². The van der Waals surface area contributed by atoms with Gasteiger partial charge in [0.05, 0.1) is 0 Å². The van der Waals surface area contributed by atoms with Crippen molar-refractivity contribution in [1.29, 1.82) is 0 Å². The Hall–Kier alpha value is -1.42. The molecule has 0 fully saturated rings. The van der Waals surface area contributed by atoms with Crippen molar-refractivity contribution in [3.05, 3.63) is 47.3 Å². The van der Waals surface area contributed by atoms with Gasteiger partial charge in [0, 0.05) is 26.5 Å². The molecule has 1 aromatic rings. The normalized spacial score (nSPS) is 13.9. The van der Waals surface area contributed by atoms with Crippen LogP contribution in [0.2, 0.25) is 0 Å². The molecule has 0 amide bonds. The Labute approximate surface area is 119 Å². The number of rotatable bonds is 6. The fraction of sp³-hybridized carbons (Fsp3) is 0.357. The van der Waals surface area contributed by atoms with Crippen molar-refractivity contribution in [2.75, 3.05) is 14.2 Å². The fourth-order valence-electron chi connectivity index (χ4n) is 1.69. The lowest BCUT2D eigenvalue weighted by Crippen LogP contribution is -2.07. The third kappa shape index (κ3) is 4.30. The molecule has 0 saturated carbocycles. The maximum atomic E-state index is 12.3. The molecule has 0 heterocycles. The van der Waals surface area contributed by atoms with Gasteiger partial charge in [-0.2, -0.15) is 0 Å². The first kappa shape index (κ1) is 16.6. The third-order valence-electron chi connectivity index (χ3n) is 2.73. The summed E-state index contributed by atoms with van der Waals surface area (Å²) in [5.74, 6) is -0.424. The molecule has 110 valence electrons. The average molecular weight is 298 g/mol. The Kier molecular flexibility index (Phi) is 6.14. The fourth-order valence-corrected chi connectivity index (χ4v) is 2.74. The Morgan fingerprint density at radius 2 is 1.70 bits per heavy atom. The molecule has 0 N–H and O–H groups in total. The molecule has 0 spiro atoms. The minimum absolute atomic E-state index is 0.387. The van der Waals surface area contributed by atoms with Crippen LogP contribution in [0.4, 0.5) is 0 Å². The maximum absolute atomic E-state index is 12.3. The zero-order valence-electron chi connectivity index (χ0n) is 12.0. The van der Waals surface area contributed by atoms with Gasteiger partial charge >= 0.3 is 13.6 Å². The van der Waals surface area contributed by atoms with Gasteiger partial charge in [-0.25, -0.2) is 0 Å². The lowest BCUT2D eigenvalue weighted by molar-refractivity contribution is -0.144. The Bertz CT molecular complexity index is 516. The van der Waals surface area contributed by atoms with Crippen LogP contribution in [0.15, 0.2) is 41.7 Å². The van der Waals surface area contributed by atoms with E-state index in [2.05, 4.69) is 0 Å². The summed E-state index contributed by atoms with van der Waals surface area (Å²) in [5.41, 5.74) is 0.779. The molecule has 0 saturated heterocycles. The molecule has 1 atom stereocenters. The number of carbonyl (C=O) groups is 1. The molecule has 0 aliphatic rings. The highest BCUT2D eigenvalue weighted by Crippen LogP contribution is 2.55. The molecule has 1 rings (SSSR count). The van der Waals surface area contributed by atoms with E-state index in [1.54, 1.807) is 13.0 Å². The lowest BCUT2D eigenvalue weighted by atomic mass is 10.1. The van der Waals surface area contributed by atoms with E-state index < -0.39 is 19.7 Å². The zero-order valence-corrected chi connectivity index (χ0v) is 12.9. The minimum Gasteiger partial charge on any atom is -0.453 e. The van der Waals surface area contributed by atoms with Crippen LogP contribution in [0.3, 0.4) is 0 Å². The van der Waals surface area contributed by atoms with Crippen molar-refractivity contribution in [2.45, 2.75) is 20.0 Å². The second-order valence-corrected chi connectivity index (χ2v) is 6.54. The van der Waals surface area contributed by atoms with Gasteiger partial charge in [-0.15, -0.1) is 0 Å². The predicted molar refractivity (Wildman–Crippen MR) is 76.3 cm³/mol. The summed E-state index contributed by atoms with van der Waals surface area (Å²) >= 11 is 0. The molecule has 0 aliphatic carbocycles. The first-order chi connectivity index (χ1) is 9.42. The molecule has 6 heteroatoms. The number of allylic oxidation sites excluding steroid dienone is 1. The van der Waals surface area contributed by atoms with Gasteiger partial charge < -0.3 is 13.8 Å². The second-order valence-electron chi connectivity index (χ2n) is 4.11. The van der Waals surface area contributed by atoms with E-state index in [-0.39, 0.29) is 0 Å². The molecular formula is C14H19O5P. The lowest BCUT2D eigenvalue weighted by Gasteiger charge is -2.18. The van der Waals surface area contributed by atoms with E-state index in [0.717, 1.165) is 5.56 Å². The second kappa shape index (κ2) is 7.39. The van der Waals surface area contributed by atoms with Gasteiger partial charge in [0.25, 0.3) is 0 Å². The summed E-state index contributed by atoms with van der Waals surface area (Å²) in [4.78, 5) is 11.2. The van der Waals surface area contributed by atoms with Crippen LogP contribution in [-0.2, 0) is 23.1 Å². The first-order valence-corrected chi connectivity index (χ1v) is 7.60. The molecule has 1 unspecified atom stereocenters. The molecule has 20 heavy (non-hydrogen) atoms. The minimum atomic E-state index is -3.32. The SMILES string of the molecule is COP(=O)(OC)/C(C)=C/C(OC(C)=O)c1ccccc1. The topological polar surface area (TPSA) is 61.8 Å². The number of hydrogen-bond donors (Lipinski definition) is 0. The average Bonchev–Trinajstić information content (AvgIpc) is 2.46. The molecule has 0 radical (unpaired) electrons. The third-order valence-corrected chi connectivity index (χ3v) is 4.70. The Morgan fingerprint density at radius 3 is 2.15 bits per heavy atom. The number of carbonyl (C=O) groups excluding carboxylic acids is 1. The molecule has 0 aromatic heterocycles. The summed E-state index contributed by atoms with van der Waals surface area (Å²) in [6.45, 7) is 2.94. The summed E-state index contributed by atoms with van der Waals surface area (Å²) < 4.78 is 27.3. The van der Waals surface area contributed by atoms with Crippen LogP contribution in [0, 0.1) is 0 Å². The van der Waals surface area contributed by atoms with Crippen LogP contribution in [0.25, 0.3) is 0 Å². The predicted octanol–water partition coefficient (Wildman–Crippen LogP) is 3.68. The van der Waals surface area contributed by atoms with Crippen LogP contribution in [-0.4, -0.2) is 20.2 Å². The van der Waals surface area contributed by atoms with E-state index in [9.17, 15) is 9.36 Å². The molecular weight excluding hydrogens is 279 g/mol. The van der Waals surface area contributed by atoms with E-state index in [1.807, 2.05) is 30.3 Å². The first-order valence-electron chi connectivity index (χ1n) is 6.05. The van der Waals surface area contributed by atoms with Gasteiger partial charge in [0.1, 0.15) is 6.10 Å². The molecule has 0 aliphatic heterocycles. The van der Waals surface area contributed by atoms with Crippen molar-refractivity contribution in [3.63, 3.8) is 0 Å². The van der Waals surface area contributed by atoms with Crippen LogP contribution in [0.1, 0.15) is 25.5 Å². The molecule has 0 bridgehead atoms. The number of ether oxygens (including phenoxy) is 1. The van der Waals surface area contributed by atoms with Gasteiger partial charge in [0.15, 0.2) is 0 Å². The van der Waals surface area contributed by atoms with Crippen molar-refractivity contribution >= 4 is 13.6 Å². The van der Waals surface area contributed by atoms with Crippen LogP contribution in [0.5, 0.6) is 0 Å².